The highest BCUT2D eigenvalue weighted by Crippen LogP contribution is 2.24. The molecule has 0 bridgehead atoms. The van der Waals surface area contributed by atoms with Gasteiger partial charge in [-0.25, -0.2) is 9.66 Å². The van der Waals surface area contributed by atoms with E-state index < -0.39 is 0 Å². The molecule has 4 rings (SSSR count). The second-order valence-electron chi connectivity index (χ2n) is 6.50. The van der Waals surface area contributed by atoms with Crippen molar-refractivity contribution < 1.29 is 9.15 Å². The van der Waals surface area contributed by atoms with Crippen molar-refractivity contribution in [3.63, 3.8) is 0 Å². The third-order valence-electron chi connectivity index (χ3n) is 4.44. The molecule has 8 nitrogen and oxygen atoms in total. The molecule has 2 heterocycles. The van der Waals surface area contributed by atoms with Gasteiger partial charge in [-0.2, -0.15) is 5.26 Å². The number of aromatic nitrogens is 4. The second-order valence-corrected chi connectivity index (χ2v) is 6.50. The number of nitrogens with zero attached hydrogens (tertiary/aromatic N) is 6. The van der Waals surface area contributed by atoms with Crippen LogP contribution in [0.4, 0.5) is 5.69 Å². The van der Waals surface area contributed by atoms with Crippen LogP contribution in [0.2, 0.25) is 0 Å². The molecule has 8 heteroatoms. The molecule has 4 aromatic rings. The summed E-state index contributed by atoms with van der Waals surface area (Å²) in [5, 5.41) is 18.7. The number of nitriles is 1. The Balaban J connectivity index is 1.60. The minimum atomic E-state index is 0.366. The third-order valence-corrected chi connectivity index (χ3v) is 4.44. The molecule has 0 amide bonds. The van der Waals surface area contributed by atoms with Crippen molar-refractivity contribution in [1.29, 1.82) is 5.26 Å². The lowest BCUT2D eigenvalue weighted by Crippen LogP contribution is -2.28. The predicted molar refractivity (Wildman–Crippen MR) is 107 cm³/mol. The van der Waals surface area contributed by atoms with Gasteiger partial charge in [-0.3, -0.25) is 5.01 Å². The van der Waals surface area contributed by atoms with E-state index in [0.29, 0.717) is 30.2 Å². The summed E-state index contributed by atoms with van der Waals surface area (Å²) >= 11 is 0. The maximum Gasteiger partial charge on any atom is 0.217 e. The maximum atomic E-state index is 9.03. The van der Waals surface area contributed by atoms with E-state index in [0.717, 1.165) is 29.8 Å². The SMILES string of the molecule is CCCCOc1ccc2nc(CN(c3ccc(C#N)cc3)n3cnnc3)oc2c1. The molecule has 0 aliphatic rings. The standard InChI is InChI=1S/C21H20N6O2/c1-2-3-10-28-18-8-9-19-20(11-18)29-21(25-19)13-27(26-14-23-24-15-26)17-6-4-16(12-22)5-7-17/h4-9,11,14-15H,2-3,10,13H2,1H3. The van der Waals surface area contributed by atoms with Gasteiger partial charge >= 0.3 is 0 Å². The summed E-state index contributed by atoms with van der Waals surface area (Å²) in [7, 11) is 0. The lowest BCUT2D eigenvalue weighted by Gasteiger charge is -2.23. The van der Waals surface area contributed by atoms with Crippen molar-refractivity contribution in [2.45, 2.75) is 26.3 Å². The van der Waals surface area contributed by atoms with Crippen LogP contribution in [-0.2, 0) is 6.54 Å². The van der Waals surface area contributed by atoms with E-state index in [1.54, 1.807) is 29.5 Å². The maximum absolute atomic E-state index is 9.03. The number of rotatable bonds is 8. The van der Waals surface area contributed by atoms with Gasteiger partial charge in [0.05, 0.1) is 23.9 Å². The summed E-state index contributed by atoms with van der Waals surface area (Å²) in [6.07, 6.45) is 5.29. The molecule has 0 saturated carbocycles. The average molecular weight is 388 g/mol. The van der Waals surface area contributed by atoms with Crippen LogP contribution in [0.5, 0.6) is 5.75 Å². The number of hydrogen-bond donors (Lipinski definition) is 0. The smallest absolute Gasteiger partial charge is 0.217 e. The molecule has 0 radical (unpaired) electrons. The normalized spacial score (nSPS) is 10.8. The fourth-order valence-electron chi connectivity index (χ4n) is 2.91. The van der Waals surface area contributed by atoms with Crippen molar-refractivity contribution >= 4 is 16.8 Å². The van der Waals surface area contributed by atoms with E-state index in [1.165, 1.54) is 0 Å². The molecule has 0 unspecified atom stereocenters. The lowest BCUT2D eigenvalue weighted by atomic mass is 10.2. The summed E-state index contributed by atoms with van der Waals surface area (Å²) in [6.45, 7) is 3.18. The first kappa shape index (κ1) is 18.5. The molecule has 0 aliphatic carbocycles. The third kappa shape index (κ3) is 4.19. The average Bonchev–Trinajstić information content (AvgIpc) is 3.41. The monoisotopic (exact) mass is 388 g/mol. The Morgan fingerprint density at radius 3 is 2.66 bits per heavy atom. The Kier molecular flexibility index (Phi) is 5.38. The van der Waals surface area contributed by atoms with Crippen molar-refractivity contribution in [3.05, 3.63) is 66.6 Å². The second kappa shape index (κ2) is 8.44. The largest absolute Gasteiger partial charge is 0.493 e. The van der Waals surface area contributed by atoms with Crippen molar-refractivity contribution in [1.82, 2.24) is 19.9 Å². The lowest BCUT2D eigenvalue weighted by molar-refractivity contribution is 0.309. The van der Waals surface area contributed by atoms with E-state index in [-0.39, 0.29) is 0 Å². The Morgan fingerprint density at radius 2 is 1.93 bits per heavy atom. The summed E-state index contributed by atoms with van der Waals surface area (Å²) in [6, 6.07) is 15.0. The highest BCUT2D eigenvalue weighted by atomic mass is 16.5. The van der Waals surface area contributed by atoms with Crippen LogP contribution >= 0.6 is 0 Å². The van der Waals surface area contributed by atoms with Gasteiger partial charge in [0.2, 0.25) is 5.89 Å². The van der Waals surface area contributed by atoms with Crippen LogP contribution in [0, 0.1) is 11.3 Å². The molecule has 29 heavy (non-hydrogen) atoms. The van der Waals surface area contributed by atoms with Gasteiger partial charge in [0, 0.05) is 6.07 Å². The van der Waals surface area contributed by atoms with Crippen LogP contribution in [-0.4, -0.2) is 26.5 Å². The number of fused-ring (bicyclic) bond motifs is 1. The Labute approximate surface area is 167 Å². The summed E-state index contributed by atoms with van der Waals surface area (Å²) in [5.74, 6) is 1.32. The van der Waals surface area contributed by atoms with Crippen LogP contribution in [0.1, 0.15) is 31.2 Å². The molecular formula is C21H20N6O2. The van der Waals surface area contributed by atoms with E-state index >= 15 is 0 Å². The first-order valence-electron chi connectivity index (χ1n) is 9.41. The minimum absolute atomic E-state index is 0.366. The molecular weight excluding hydrogens is 368 g/mol. The quantitative estimate of drug-likeness (QED) is 0.422. The van der Waals surface area contributed by atoms with E-state index in [1.807, 2.05) is 35.3 Å². The van der Waals surface area contributed by atoms with E-state index in [2.05, 4.69) is 28.2 Å². The zero-order valence-electron chi connectivity index (χ0n) is 16.0. The molecule has 0 N–H and O–H groups in total. The van der Waals surface area contributed by atoms with E-state index in [4.69, 9.17) is 14.4 Å². The summed E-state index contributed by atoms with van der Waals surface area (Å²) < 4.78 is 13.5. The molecule has 0 saturated heterocycles. The molecule has 2 aromatic heterocycles. The van der Waals surface area contributed by atoms with Crippen LogP contribution in [0.3, 0.4) is 0 Å². The Bertz CT molecular complexity index is 1110. The number of benzene rings is 2. The van der Waals surface area contributed by atoms with Gasteiger partial charge in [0.25, 0.3) is 0 Å². The first-order valence-corrected chi connectivity index (χ1v) is 9.41. The van der Waals surface area contributed by atoms with Gasteiger partial charge in [-0.1, -0.05) is 13.3 Å². The van der Waals surface area contributed by atoms with Crippen LogP contribution < -0.4 is 9.75 Å². The number of unbranched alkanes of at least 4 members (excludes halogenated alkanes) is 1. The van der Waals surface area contributed by atoms with Gasteiger partial charge in [0.15, 0.2) is 5.58 Å². The van der Waals surface area contributed by atoms with Gasteiger partial charge < -0.3 is 9.15 Å². The molecule has 146 valence electrons. The Morgan fingerprint density at radius 1 is 1.14 bits per heavy atom. The number of ether oxygens (including phenoxy) is 1. The van der Waals surface area contributed by atoms with Crippen molar-refractivity contribution in [2.75, 3.05) is 11.6 Å². The molecule has 0 fully saturated rings. The zero-order chi connectivity index (χ0) is 20.1. The zero-order valence-corrected chi connectivity index (χ0v) is 16.0. The number of oxazole rings is 1. The van der Waals surface area contributed by atoms with E-state index in [9.17, 15) is 0 Å². The molecule has 2 aromatic carbocycles. The highest BCUT2D eigenvalue weighted by molar-refractivity contribution is 5.74. The fourth-order valence-corrected chi connectivity index (χ4v) is 2.91. The topological polar surface area (TPSA) is 93.0 Å². The van der Waals surface area contributed by atoms with Gasteiger partial charge in [0.1, 0.15) is 30.5 Å². The number of hydrogen-bond acceptors (Lipinski definition) is 7. The van der Waals surface area contributed by atoms with Crippen molar-refractivity contribution in [2.24, 2.45) is 0 Å². The first-order chi connectivity index (χ1) is 14.3. The van der Waals surface area contributed by atoms with Gasteiger partial charge in [-0.05, 0) is 42.8 Å². The number of anilines is 1. The van der Waals surface area contributed by atoms with Crippen LogP contribution in [0.15, 0.2) is 59.5 Å². The van der Waals surface area contributed by atoms with Gasteiger partial charge in [-0.15, -0.1) is 10.2 Å². The molecule has 0 atom stereocenters. The van der Waals surface area contributed by atoms with Crippen LogP contribution in [0.25, 0.3) is 11.1 Å². The van der Waals surface area contributed by atoms with Crippen molar-refractivity contribution in [3.8, 4) is 11.8 Å². The fraction of sp³-hybridized carbons (Fsp3) is 0.238. The highest BCUT2D eigenvalue weighted by Gasteiger charge is 2.15. The Hall–Kier alpha value is -3.86. The summed E-state index contributed by atoms with van der Waals surface area (Å²) in [5.41, 5.74) is 2.90. The predicted octanol–water partition coefficient (Wildman–Crippen LogP) is 3.94. The summed E-state index contributed by atoms with van der Waals surface area (Å²) in [4.78, 5) is 4.59. The minimum Gasteiger partial charge on any atom is -0.493 e. The molecule has 0 spiro atoms. The molecule has 0 aliphatic heterocycles.